The third kappa shape index (κ3) is 1.47. The molecule has 0 fully saturated rings. The van der Waals surface area contributed by atoms with Crippen LogP contribution in [0.25, 0.3) is 10.2 Å². The minimum absolute atomic E-state index is 0.543. The fraction of sp³-hybridized carbons (Fsp3) is 0.250. The van der Waals surface area contributed by atoms with E-state index in [-0.39, 0.29) is 0 Å². The van der Waals surface area contributed by atoms with Crippen molar-refractivity contribution in [2.24, 2.45) is 0 Å². The Morgan fingerprint density at radius 3 is 2.69 bits per heavy atom. The first-order chi connectivity index (χ1) is 6.09. The largest absolute Gasteiger partial charge is 0.231 e. The summed E-state index contributed by atoms with van der Waals surface area (Å²) in [6.45, 7) is 3.87. The topological polar surface area (TPSA) is 25.8 Å². The Hall–Kier alpha value is -0.190. The summed E-state index contributed by atoms with van der Waals surface area (Å²) in [6, 6.07) is 0. The molecule has 0 spiro atoms. The highest BCUT2D eigenvalue weighted by Gasteiger charge is 2.12. The van der Waals surface area contributed by atoms with E-state index in [9.17, 15) is 0 Å². The summed E-state index contributed by atoms with van der Waals surface area (Å²) >= 11 is 11.1. The van der Waals surface area contributed by atoms with Crippen LogP contribution in [0.1, 0.15) is 10.7 Å². The fourth-order valence-electron chi connectivity index (χ4n) is 1.13. The molecule has 0 saturated heterocycles. The number of thiophene rings is 1. The Morgan fingerprint density at radius 1 is 1.31 bits per heavy atom. The predicted molar refractivity (Wildman–Crippen MR) is 59.6 cm³/mol. The molecule has 68 valence electrons. The van der Waals surface area contributed by atoms with Crippen molar-refractivity contribution in [3.63, 3.8) is 0 Å². The number of rotatable bonds is 0. The lowest BCUT2D eigenvalue weighted by atomic mass is 10.4. The van der Waals surface area contributed by atoms with E-state index < -0.39 is 0 Å². The van der Waals surface area contributed by atoms with E-state index in [0.717, 1.165) is 14.7 Å². The molecule has 0 aliphatic heterocycles. The van der Waals surface area contributed by atoms with Crippen molar-refractivity contribution in [2.75, 3.05) is 0 Å². The quantitative estimate of drug-likeness (QED) is 0.686. The van der Waals surface area contributed by atoms with Gasteiger partial charge < -0.3 is 0 Å². The smallest absolute Gasteiger partial charge is 0.150 e. The molecular weight excluding hydrogens is 272 g/mol. The Bertz CT molecular complexity index is 480. The van der Waals surface area contributed by atoms with Crippen molar-refractivity contribution in [3.05, 3.63) is 20.3 Å². The molecule has 0 amide bonds. The molecule has 2 nitrogen and oxygen atoms in total. The van der Waals surface area contributed by atoms with Gasteiger partial charge in [0.25, 0.3) is 0 Å². The van der Waals surface area contributed by atoms with Crippen LogP contribution in [0, 0.1) is 13.8 Å². The summed E-state index contributed by atoms with van der Waals surface area (Å²) in [7, 11) is 0. The zero-order valence-electron chi connectivity index (χ0n) is 7.06. The second-order valence-corrected chi connectivity index (χ2v) is 5.09. The van der Waals surface area contributed by atoms with Crippen molar-refractivity contribution in [1.82, 2.24) is 9.97 Å². The molecule has 2 aromatic heterocycles. The molecule has 2 heterocycles. The Balaban J connectivity index is 2.94. The molecule has 2 rings (SSSR count). The maximum Gasteiger partial charge on any atom is 0.150 e. The van der Waals surface area contributed by atoms with E-state index >= 15 is 0 Å². The Labute approximate surface area is 93.1 Å². The molecule has 0 atom stereocenters. The lowest BCUT2D eigenvalue weighted by molar-refractivity contribution is 1.09. The van der Waals surface area contributed by atoms with Crippen LogP contribution in [0.2, 0.25) is 5.15 Å². The summed E-state index contributed by atoms with van der Waals surface area (Å²) in [6.07, 6.45) is 0. The predicted octanol–water partition coefficient (Wildman–Crippen LogP) is 3.72. The van der Waals surface area contributed by atoms with Crippen LogP contribution in [0.15, 0.2) is 4.47 Å². The number of hydrogen-bond acceptors (Lipinski definition) is 3. The van der Waals surface area contributed by atoms with Crippen LogP contribution in [0.4, 0.5) is 0 Å². The number of hydrogen-bond donors (Lipinski definition) is 0. The minimum atomic E-state index is 0.543. The minimum Gasteiger partial charge on any atom is -0.231 e. The maximum absolute atomic E-state index is 5.99. The summed E-state index contributed by atoms with van der Waals surface area (Å²) in [5.41, 5.74) is 0.917. The van der Waals surface area contributed by atoms with Crippen LogP contribution >= 0.6 is 38.9 Å². The van der Waals surface area contributed by atoms with E-state index in [0.29, 0.717) is 11.0 Å². The summed E-state index contributed by atoms with van der Waals surface area (Å²) in [5, 5.41) is 0.543. The molecule has 0 unspecified atom stereocenters. The first-order valence-electron chi connectivity index (χ1n) is 3.68. The van der Waals surface area contributed by atoms with Gasteiger partial charge in [0.15, 0.2) is 5.15 Å². The average Bonchev–Trinajstić information content (AvgIpc) is 2.32. The molecule has 2 aromatic rings. The lowest BCUT2D eigenvalue weighted by Gasteiger charge is -1.94. The second kappa shape index (κ2) is 3.19. The molecule has 0 aliphatic rings. The molecule has 0 aliphatic carbocycles. The van der Waals surface area contributed by atoms with Crippen molar-refractivity contribution in [1.29, 1.82) is 0 Å². The van der Waals surface area contributed by atoms with Gasteiger partial charge in [-0.3, -0.25) is 0 Å². The van der Waals surface area contributed by atoms with Gasteiger partial charge in [0.2, 0.25) is 0 Å². The standard InChI is InChI=1S/C8H6BrClN2S/c1-3-5(9)6-7(13-3)8(10)12-4(2)11-6/h1-2H3. The lowest BCUT2D eigenvalue weighted by Crippen LogP contribution is -1.87. The highest BCUT2D eigenvalue weighted by Crippen LogP contribution is 2.36. The van der Waals surface area contributed by atoms with Crippen molar-refractivity contribution in [3.8, 4) is 0 Å². The number of nitrogens with zero attached hydrogens (tertiary/aromatic N) is 2. The first kappa shape index (κ1) is 9.37. The van der Waals surface area contributed by atoms with Gasteiger partial charge in [-0.2, -0.15) is 0 Å². The Morgan fingerprint density at radius 2 is 2.00 bits per heavy atom. The van der Waals surface area contributed by atoms with Crippen LogP contribution in [0.5, 0.6) is 0 Å². The van der Waals surface area contributed by atoms with Gasteiger partial charge in [0.1, 0.15) is 11.3 Å². The molecule has 13 heavy (non-hydrogen) atoms. The molecule has 0 saturated carbocycles. The van der Waals surface area contributed by atoms with E-state index in [4.69, 9.17) is 11.6 Å². The number of halogens is 2. The zero-order chi connectivity index (χ0) is 9.59. The maximum atomic E-state index is 5.99. The molecular formula is C8H6BrClN2S. The SMILES string of the molecule is Cc1nc(Cl)c2sc(C)c(Br)c2n1. The van der Waals surface area contributed by atoms with Gasteiger partial charge in [-0.1, -0.05) is 11.6 Å². The number of aromatic nitrogens is 2. The molecule has 5 heteroatoms. The number of fused-ring (bicyclic) bond motifs is 1. The van der Waals surface area contributed by atoms with Crippen LogP contribution in [-0.4, -0.2) is 9.97 Å². The van der Waals surface area contributed by atoms with Crippen LogP contribution in [0.3, 0.4) is 0 Å². The first-order valence-corrected chi connectivity index (χ1v) is 5.67. The number of aryl methyl sites for hydroxylation is 2. The third-order valence-electron chi connectivity index (χ3n) is 1.71. The zero-order valence-corrected chi connectivity index (χ0v) is 10.2. The van der Waals surface area contributed by atoms with E-state index in [1.807, 2.05) is 13.8 Å². The average molecular weight is 278 g/mol. The summed E-state index contributed by atoms with van der Waals surface area (Å²) < 4.78 is 1.98. The third-order valence-corrected chi connectivity index (χ3v) is 4.43. The summed E-state index contributed by atoms with van der Waals surface area (Å²) in [4.78, 5) is 9.60. The fourth-order valence-corrected chi connectivity index (χ4v) is 2.99. The molecule has 0 aromatic carbocycles. The monoisotopic (exact) mass is 276 g/mol. The van der Waals surface area contributed by atoms with Crippen molar-refractivity contribution < 1.29 is 0 Å². The van der Waals surface area contributed by atoms with Crippen LogP contribution in [-0.2, 0) is 0 Å². The van der Waals surface area contributed by atoms with E-state index in [1.54, 1.807) is 11.3 Å². The Kier molecular flexibility index (Phi) is 2.30. The van der Waals surface area contributed by atoms with Gasteiger partial charge in [-0.05, 0) is 29.8 Å². The summed E-state index contributed by atoms with van der Waals surface area (Å²) in [5.74, 6) is 0.705. The van der Waals surface area contributed by atoms with Gasteiger partial charge in [-0.15, -0.1) is 11.3 Å². The normalized spacial score (nSPS) is 11.1. The molecule has 0 radical (unpaired) electrons. The van der Waals surface area contributed by atoms with Crippen molar-refractivity contribution >= 4 is 49.1 Å². The van der Waals surface area contributed by atoms with Crippen molar-refractivity contribution in [2.45, 2.75) is 13.8 Å². The highest BCUT2D eigenvalue weighted by atomic mass is 79.9. The van der Waals surface area contributed by atoms with Gasteiger partial charge >= 0.3 is 0 Å². The molecule has 0 N–H and O–H groups in total. The van der Waals surface area contributed by atoms with Gasteiger partial charge in [-0.25, -0.2) is 9.97 Å². The van der Waals surface area contributed by atoms with Gasteiger partial charge in [0, 0.05) is 4.88 Å². The molecule has 0 bridgehead atoms. The van der Waals surface area contributed by atoms with Crippen LogP contribution < -0.4 is 0 Å². The van der Waals surface area contributed by atoms with E-state index in [2.05, 4.69) is 25.9 Å². The van der Waals surface area contributed by atoms with Gasteiger partial charge in [0.05, 0.1) is 9.17 Å². The van der Waals surface area contributed by atoms with E-state index in [1.165, 1.54) is 4.88 Å². The highest BCUT2D eigenvalue weighted by molar-refractivity contribution is 9.10. The second-order valence-electron chi connectivity index (χ2n) is 2.71.